The lowest BCUT2D eigenvalue weighted by Gasteiger charge is -2.20. The summed E-state index contributed by atoms with van der Waals surface area (Å²) < 4.78 is 47.5. The van der Waals surface area contributed by atoms with E-state index in [2.05, 4.69) is 0 Å². The van der Waals surface area contributed by atoms with Crippen molar-refractivity contribution < 1.29 is 31.8 Å². The normalized spacial score (nSPS) is 15.0. The largest absolute Gasteiger partial charge is 0.477 e. The highest BCUT2D eigenvalue weighted by Gasteiger charge is 2.29. The summed E-state index contributed by atoms with van der Waals surface area (Å²) in [5.74, 6) is -1.91. The second kappa shape index (κ2) is 8.99. The predicted molar refractivity (Wildman–Crippen MR) is 123 cm³/mol. The van der Waals surface area contributed by atoms with Gasteiger partial charge < -0.3 is 10.0 Å². The average molecular weight is 516 g/mol. The van der Waals surface area contributed by atoms with Gasteiger partial charge in [-0.1, -0.05) is 34.7 Å². The molecule has 0 saturated carbocycles. The Labute approximate surface area is 196 Å². The van der Waals surface area contributed by atoms with Crippen molar-refractivity contribution in [1.29, 1.82) is 0 Å². The van der Waals surface area contributed by atoms with Gasteiger partial charge in [-0.15, -0.1) is 0 Å². The van der Waals surface area contributed by atoms with Gasteiger partial charge in [0.25, 0.3) is 15.1 Å². The van der Waals surface area contributed by atoms with Crippen molar-refractivity contribution in [2.45, 2.75) is 17.9 Å². The minimum Gasteiger partial charge on any atom is -0.477 e. The molecule has 4 rings (SSSR count). The minimum absolute atomic E-state index is 0.176. The standard InChI is InChI=1S/C20H16ClFN2O5S3/c21-12-2-4-16-14(8-12)23(6-1-7-32(27,28)29)18(30-16)10-19-24(11-20(25)26)15-9-13(22)3-5-17(15)31-19/h2-5,8-10H,1,6-7,11H2,(H-,25,26,27,28,29)/p+1. The number of benzene rings is 2. The van der Waals surface area contributed by atoms with Crippen LogP contribution in [0.5, 0.6) is 0 Å². The zero-order valence-corrected chi connectivity index (χ0v) is 19.6. The van der Waals surface area contributed by atoms with Crippen LogP contribution in [0.3, 0.4) is 0 Å². The molecule has 32 heavy (non-hydrogen) atoms. The smallest absolute Gasteiger partial charge is 0.370 e. The van der Waals surface area contributed by atoms with Crippen molar-refractivity contribution in [3.8, 4) is 0 Å². The number of thioether (sulfide) groups is 1. The van der Waals surface area contributed by atoms with E-state index in [1.54, 1.807) is 24.3 Å². The molecule has 0 fully saturated rings. The third-order valence-electron chi connectivity index (χ3n) is 4.71. The van der Waals surface area contributed by atoms with Crippen molar-refractivity contribution in [2.24, 2.45) is 0 Å². The van der Waals surface area contributed by atoms with Crippen molar-refractivity contribution in [1.82, 2.24) is 0 Å². The van der Waals surface area contributed by atoms with Crippen molar-refractivity contribution >= 4 is 72.8 Å². The number of anilines is 1. The zero-order valence-electron chi connectivity index (χ0n) is 16.4. The summed E-state index contributed by atoms with van der Waals surface area (Å²) in [5, 5.41) is 11.2. The first-order chi connectivity index (χ1) is 15.1. The van der Waals surface area contributed by atoms with Gasteiger partial charge in [0.05, 0.1) is 22.5 Å². The first-order valence-electron chi connectivity index (χ1n) is 9.36. The number of fused-ring (bicyclic) bond motifs is 2. The van der Waals surface area contributed by atoms with E-state index in [1.165, 1.54) is 39.8 Å². The second-order valence-electron chi connectivity index (χ2n) is 7.02. The highest BCUT2D eigenvalue weighted by molar-refractivity contribution is 8.03. The van der Waals surface area contributed by atoms with Crippen LogP contribution in [0.15, 0.2) is 46.3 Å². The summed E-state index contributed by atoms with van der Waals surface area (Å²) in [6.45, 7) is -0.0425. The van der Waals surface area contributed by atoms with E-state index < -0.39 is 27.7 Å². The molecule has 7 nitrogen and oxygen atoms in total. The third kappa shape index (κ3) is 5.07. The Bertz CT molecular complexity index is 1360. The highest BCUT2D eigenvalue weighted by Crippen LogP contribution is 2.47. The average Bonchev–Trinajstić information content (AvgIpc) is 3.19. The fraction of sp³-hybridized carbons (Fsp3) is 0.200. The van der Waals surface area contributed by atoms with Crippen LogP contribution in [0.2, 0.25) is 5.02 Å². The number of carboxylic acids is 1. The van der Waals surface area contributed by atoms with Gasteiger partial charge in [0.15, 0.2) is 0 Å². The molecule has 1 aliphatic rings. The van der Waals surface area contributed by atoms with Gasteiger partial charge in [0.1, 0.15) is 10.5 Å². The second-order valence-corrected chi connectivity index (χ2v) is 11.2. The van der Waals surface area contributed by atoms with Crippen LogP contribution in [0.4, 0.5) is 10.1 Å². The molecule has 12 heteroatoms. The van der Waals surface area contributed by atoms with Crippen LogP contribution < -0.4 is 9.47 Å². The van der Waals surface area contributed by atoms with E-state index in [1.807, 2.05) is 11.0 Å². The molecular weight excluding hydrogens is 499 g/mol. The number of halogens is 2. The maximum absolute atomic E-state index is 13.8. The SMILES string of the molecule is O=C(O)C[n+]1c(C=C2Sc3ccc(Cl)cc3N2CCCS(=O)(=O)O)sc2ccc(F)cc21. The van der Waals surface area contributed by atoms with Crippen LogP contribution in [0, 0.1) is 5.82 Å². The maximum Gasteiger partial charge on any atom is 0.370 e. The Morgan fingerprint density at radius 3 is 2.75 bits per heavy atom. The quantitative estimate of drug-likeness (QED) is 0.358. The Balaban J connectivity index is 1.77. The van der Waals surface area contributed by atoms with Crippen molar-refractivity contribution in [3.05, 3.63) is 57.3 Å². The fourth-order valence-corrected chi connectivity index (χ4v) is 6.32. The van der Waals surface area contributed by atoms with Gasteiger partial charge in [-0.2, -0.15) is 13.0 Å². The van der Waals surface area contributed by atoms with Gasteiger partial charge in [-0.05, 0) is 36.8 Å². The van der Waals surface area contributed by atoms with E-state index in [9.17, 15) is 22.7 Å². The van der Waals surface area contributed by atoms with Crippen molar-refractivity contribution in [3.63, 3.8) is 0 Å². The van der Waals surface area contributed by atoms with E-state index in [4.69, 9.17) is 16.2 Å². The Morgan fingerprint density at radius 1 is 1.25 bits per heavy atom. The van der Waals surface area contributed by atoms with E-state index in [0.29, 0.717) is 22.1 Å². The molecule has 0 radical (unpaired) electrons. The highest BCUT2D eigenvalue weighted by atomic mass is 35.5. The molecule has 2 aromatic carbocycles. The number of aromatic nitrogens is 1. The molecule has 0 saturated heterocycles. The van der Waals surface area contributed by atoms with E-state index in [0.717, 1.165) is 20.3 Å². The molecule has 0 unspecified atom stereocenters. The van der Waals surface area contributed by atoms with Crippen molar-refractivity contribution in [2.75, 3.05) is 17.2 Å². The molecule has 0 aliphatic carbocycles. The summed E-state index contributed by atoms with van der Waals surface area (Å²) in [7, 11) is -4.10. The van der Waals surface area contributed by atoms with Crippen LogP contribution in [-0.4, -0.2) is 36.3 Å². The molecular formula is C20H17ClFN2O5S3+. The number of hydrogen-bond acceptors (Lipinski definition) is 6. The van der Waals surface area contributed by atoms with Gasteiger partial charge in [-0.25, -0.2) is 9.18 Å². The van der Waals surface area contributed by atoms with Crippen LogP contribution in [0.25, 0.3) is 16.3 Å². The van der Waals surface area contributed by atoms with E-state index >= 15 is 0 Å². The van der Waals surface area contributed by atoms with E-state index in [-0.39, 0.29) is 13.0 Å². The number of nitrogens with zero attached hydrogens (tertiary/aromatic N) is 2. The number of carbonyl (C=O) groups is 1. The fourth-order valence-electron chi connectivity index (χ4n) is 3.40. The summed E-state index contributed by atoms with van der Waals surface area (Å²) in [6, 6.07) is 9.60. The van der Waals surface area contributed by atoms with Gasteiger partial charge in [0, 0.05) is 22.5 Å². The number of thiazole rings is 1. The molecule has 3 aromatic rings. The first-order valence-corrected chi connectivity index (χ1v) is 13.0. The lowest BCUT2D eigenvalue weighted by molar-refractivity contribution is -0.657. The lowest BCUT2D eigenvalue weighted by Crippen LogP contribution is -2.39. The number of aliphatic carboxylic acids is 1. The lowest BCUT2D eigenvalue weighted by atomic mass is 10.2. The van der Waals surface area contributed by atoms with Crippen LogP contribution >= 0.6 is 34.7 Å². The maximum atomic E-state index is 13.8. The Morgan fingerprint density at radius 2 is 2.03 bits per heavy atom. The Kier molecular flexibility index (Phi) is 6.46. The molecule has 1 aliphatic heterocycles. The summed E-state index contributed by atoms with van der Waals surface area (Å²) in [4.78, 5) is 14.2. The molecule has 0 amide bonds. The van der Waals surface area contributed by atoms with Gasteiger partial charge in [0.2, 0.25) is 12.1 Å². The molecule has 2 N–H and O–H groups in total. The molecule has 0 spiro atoms. The molecule has 1 aromatic heterocycles. The topological polar surface area (TPSA) is 98.8 Å². The molecule has 168 valence electrons. The number of rotatable bonds is 7. The van der Waals surface area contributed by atoms with Gasteiger partial charge in [-0.3, -0.25) is 4.55 Å². The predicted octanol–water partition coefficient (Wildman–Crippen LogP) is 4.25. The number of hydrogen-bond donors (Lipinski definition) is 2. The van der Waals surface area contributed by atoms with Crippen LogP contribution in [-0.2, 0) is 21.5 Å². The zero-order chi connectivity index (χ0) is 23.0. The summed E-state index contributed by atoms with van der Waals surface area (Å²) in [5.41, 5.74) is 1.27. The van der Waals surface area contributed by atoms with Gasteiger partial charge >= 0.3 is 5.97 Å². The third-order valence-corrected chi connectivity index (χ3v) is 7.97. The minimum atomic E-state index is -4.10. The molecule has 2 heterocycles. The number of carboxylic acid groups (broad SMARTS) is 1. The summed E-state index contributed by atoms with van der Waals surface area (Å²) >= 11 is 8.92. The Hall–Kier alpha value is -2.18. The molecule has 0 bridgehead atoms. The van der Waals surface area contributed by atoms with Crippen LogP contribution in [0.1, 0.15) is 11.4 Å². The monoisotopic (exact) mass is 515 g/mol. The summed E-state index contributed by atoms with van der Waals surface area (Å²) in [6.07, 6.45) is 1.98. The first kappa shape index (κ1) is 23.0. The molecule has 0 atom stereocenters.